The molecular weight excluding hydrogens is 606 g/mol. The normalized spacial score (nSPS) is 16.1. The van der Waals surface area contributed by atoms with E-state index < -0.39 is 28.3 Å². The molecule has 7 aromatic rings. The molecule has 0 saturated heterocycles. The largest absolute Gasteiger partial charge is 0.358 e. The van der Waals surface area contributed by atoms with Crippen LogP contribution in [0.15, 0.2) is 164 Å². The summed E-state index contributed by atoms with van der Waals surface area (Å²) >= 11 is 0. The molecule has 5 aromatic carbocycles. The van der Waals surface area contributed by atoms with E-state index in [-0.39, 0.29) is 5.84 Å². The second-order valence-corrected chi connectivity index (χ2v) is 11.4. The van der Waals surface area contributed by atoms with Crippen LogP contribution in [0.3, 0.4) is 0 Å². The molecule has 1 atom stereocenters. The van der Waals surface area contributed by atoms with Crippen molar-refractivity contribution in [3.05, 3.63) is 198 Å². The van der Waals surface area contributed by atoms with E-state index in [0.717, 1.165) is 14.7 Å². The van der Waals surface area contributed by atoms with Crippen molar-refractivity contribution >= 4 is 11.5 Å². The first kappa shape index (κ1) is 28.7. The fourth-order valence-electron chi connectivity index (χ4n) is 6.47. The molecule has 0 amide bonds. The highest BCUT2D eigenvalue weighted by Crippen LogP contribution is 2.41. The van der Waals surface area contributed by atoms with E-state index in [2.05, 4.69) is 5.10 Å². The van der Waals surface area contributed by atoms with Crippen molar-refractivity contribution in [2.45, 2.75) is 12.5 Å². The van der Waals surface area contributed by atoms with Gasteiger partial charge in [0.1, 0.15) is 0 Å². The summed E-state index contributed by atoms with van der Waals surface area (Å²) in [5, 5.41) is 2.81. The summed E-state index contributed by atoms with van der Waals surface area (Å²) < 4.78 is 5.80. The topological polar surface area (TPSA) is 121 Å². The number of aromatic nitrogens is 6. The fourth-order valence-corrected chi connectivity index (χ4v) is 6.47. The summed E-state index contributed by atoms with van der Waals surface area (Å²) in [6.07, 6.45) is 0. The Morgan fingerprint density at radius 2 is 1.10 bits per heavy atom. The minimum atomic E-state index is -1.75. The average Bonchev–Trinajstić information content (AvgIpc) is 3.57. The lowest BCUT2D eigenvalue weighted by atomic mass is 9.79. The SMILES string of the molecule is Cc1ccc(N=C2n3c(=O)n(-c4ccccc4)c(=O)n3-c3ccccc3[C@]2(c2ccccc2)n2[nH]c(=O)n(-c3ccccc3)c2=O)cc1. The molecule has 3 heterocycles. The zero-order valence-electron chi connectivity index (χ0n) is 25.6. The zero-order valence-corrected chi connectivity index (χ0v) is 25.6. The van der Waals surface area contributed by atoms with E-state index in [1.54, 1.807) is 121 Å². The van der Waals surface area contributed by atoms with E-state index in [4.69, 9.17) is 4.99 Å². The molecule has 1 aliphatic rings. The molecule has 48 heavy (non-hydrogen) atoms. The number of nitrogens with zero attached hydrogens (tertiary/aromatic N) is 6. The summed E-state index contributed by atoms with van der Waals surface area (Å²) in [6, 6.07) is 40.6. The highest BCUT2D eigenvalue weighted by atomic mass is 16.2. The number of aliphatic imine (C=N–C) groups is 1. The third-order valence-electron chi connectivity index (χ3n) is 8.61. The van der Waals surface area contributed by atoms with Crippen LogP contribution in [0.5, 0.6) is 0 Å². The number of fused-ring (bicyclic) bond motifs is 3. The van der Waals surface area contributed by atoms with Gasteiger partial charge in [0.05, 0.1) is 22.7 Å². The van der Waals surface area contributed by atoms with Crippen LogP contribution < -0.4 is 22.8 Å². The maximum absolute atomic E-state index is 14.7. The van der Waals surface area contributed by atoms with Crippen LogP contribution in [0.1, 0.15) is 16.7 Å². The van der Waals surface area contributed by atoms with Crippen LogP contribution in [0.4, 0.5) is 5.69 Å². The van der Waals surface area contributed by atoms with Gasteiger partial charge in [-0.3, -0.25) is 0 Å². The Morgan fingerprint density at radius 3 is 1.75 bits per heavy atom. The van der Waals surface area contributed by atoms with E-state index >= 15 is 0 Å². The van der Waals surface area contributed by atoms with Crippen molar-refractivity contribution in [2.24, 2.45) is 4.99 Å². The molecule has 1 aliphatic heterocycles. The van der Waals surface area contributed by atoms with Crippen molar-refractivity contribution in [2.75, 3.05) is 0 Å². The molecule has 0 aliphatic carbocycles. The van der Waals surface area contributed by atoms with Gasteiger partial charge in [-0.25, -0.2) is 43.1 Å². The number of rotatable bonds is 5. The summed E-state index contributed by atoms with van der Waals surface area (Å²) in [5.74, 6) is 0.0107. The van der Waals surface area contributed by atoms with Crippen LogP contribution in [0.25, 0.3) is 17.1 Å². The van der Waals surface area contributed by atoms with Crippen LogP contribution in [0.2, 0.25) is 0 Å². The van der Waals surface area contributed by atoms with Crippen LogP contribution in [-0.2, 0) is 5.54 Å². The summed E-state index contributed by atoms with van der Waals surface area (Å²) in [7, 11) is 0. The molecule has 0 spiro atoms. The van der Waals surface area contributed by atoms with Crippen molar-refractivity contribution < 1.29 is 0 Å². The third kappa shape index (κ3) is 4.11. The number of hydrogen-bond acceptors (Lipinski definition) is 5. The number of nitrogens with one attached hydrogen (secondary N) is 1. The standard InChI is InChI=1S/C37H27N7O4/c1-25-21-23-27(24-22-25)38-32-37(26-13-5-2-6-14-26,44-36(48)40(33(45)39-44)28-15-7-3-8-16-28)30-19-11-12-20-31(30)42-34(46)41(35(47)43(32)42)29-17-9-4-10-18-29/h2-24H,1H3,(H,39,45)/t37-/m0/s1. The number of benzene rings is 5. The zero-order chi connectivity index (χ0) is 33.0. The minimum absolute atomic E-state index is 0.0107. The molecule has 0 unspecified atom stereocenters. The highest BCUT2D eigenvalue weighted by molar-refractivity contribution is 6.01. The molecule has 2 aromatic heterocycles. The van der Waals surface area contributed by atoms with Crippen molar-refractivity contribution in [1.29, 1.82) is 0 Å². The Hall–Kier alpha value is -6.75. The Balaban J connectivity index is 1.60. The second-order valence-electron chi connectivity index (χ2n) is 11.4. The van der Waals surface area contributed by atoms with Gasteiger partial charge < -0.3 is 0 Å². The molecule has 1 N–H and O–H groups in total. The molecule has 0 saturated carbocycles. The number of aromatic amines is 1. The lowest BCUT2D eigenvalue weighted by Crippen LogP contribution is -2.58. The summed E-state index contributed by atoms with van der Waals surface area (Å²) in [6.45, 7) is 1.95. The molecule has 0 fully saturated rings. The Bertz CT molecular complexity index is 2590. The molecule has 0 bridgehead atoms. The van der Waals surface area contributed by atoms with Crippen LogP contribution in [-0.4, -0.2) is 34.1 Å². The monoisotopic (exact) mass is 633 g/mol. The van der Waals surface area contributed by atoms with Crippen molar-refractivity contribution in [3.63, 3.8) is 0 Å². The molecule has 11 heteroatoms. The van der Waals surface area contributed by atoms with Gasteiger partial charge in [0.15, 0.2) is 11.4 Å². The number of aryl methyl sites for hydroxylation is 1. The first-order valence-corrected chi connectivity index (χ1v) is 15.3. The van der Waals surface area contributed by atoms with E-state index in [1.807, 2.05) is 25.1 Å². The van der Waals surface area contributed by atoms with Gasteiger partial charge in [-0.2, -0.15) is 9.36 Å². The van der Waals surface area contributed by atoms with Crippen molar-refractivity contribution in [3.8, 4) is 17.1 Å². The van der Waals surface area contributed by atoms with Gasteiger partial charge in [0.2, 0.25) is 0 Å². The number of H-pyrrole nitrogens is 1. The van der Waals surface area contributed by atoms with Gasteiger partial charge in [0.25, 0.3) is 0 Å². The van der Waals surface area contributed by atoms with Gasteiger partial charge in [-0.15, -0.1) is 0 Å². The second kappa shape index (κ2) is 11.0. The number of hydrogen-bond donors (Lipinski definition) is 1. The lowest BCUT2D eigenvalue weighted by molar-refractivity contribution is 0.447. The van der Waals surface area contributed by atoms with Gasteiger partial charge >= 0.3 is 22.8 Å². The molecule has 11 nitrogen and oxygen atoms in total. The van der Waals surface area contributed by atoms with Crippen LogP contribution in [0, 0.1) is 6.92 Å². The van der Waals surface area contributed by atoms with Gasteiger partial charge in [-0.05, 0) is 55.0 Å². The Labute approximate surface area is 272 Å². The predicted molar refractivity (Wildman–Crippen MR) is 183 cm³/mol. The molecule has 8 rings (SSSR count). The third-order valence-corrected chi connectivity index (χ3v) is 8.61. The van der Waals surface area contributed by atoms with E-state index in [1.165, 1.54) is 14.0 Å². The fraction of sp³-hybridized carbons (Fsp3) is 0.0541. The molecular formula is C37H27N7O4. The van der Waals surface area contributed by atoms with Crippen LogP contribution >= 0.6 is 0 Å². The minimum Gasteiger partial charge on any atom is -0.246 e. The summed E-state index contributed by atoms with van der Waals surface area (Å²) in [4.78, 5) is 62.6. The Morgan fingerprint density at radius 1 is 0.562 bits per heavy atom. The highest BCUT2D eigenvalue weighted by Gasteiger charge is 2.52. The average molecular weight is 634 g/mol. The molecule has 0 radical (unpaired) electrons. The summed E-state index contributed by atoms with van der Waals surface area (Å²) in [5.41, 5.74) is -1.000. The van der Waals surface area contributed by atoms with Gasteiger partial charge in [-0.1, -0.05) is 103 Å². The maximum Gasteiger partial charge on any atom is 0.358 e. The molecule has 234 valence electrons. The lowest BCUT2D eigenvalue weighted by Gasteiger charge is -2.40. The predicted octanol–water partition coefficient (Wildman–Crippen LogP) is 4.12. The van der Waals surface area contributed by atoms with E-state index in [0.29, 0.717) is 33.9 Å². The Kier molecular flexibility index (Phi) is 6.55. The number of para-hydroxylation sites is 3. The first-order valence-electron chi connectivity index (χ1n) is 15.3. The quantitative estimate of drug-likeness (QED) is 0.307. The maximum atomic E-state index is 14.7. The van der Waals surface area contributed by atoms with E-state index in [9.17, 15) is 19.2 Å². The van der Waals surface area contributed by atoms with Crippen molar-refractivity contribution in [1.82, 2.24) is 28.3 Å². The first-order chi connectivity index (χ1) is 23.4. The smallest absolute Gasteiger partial charge is 0.246 e. The van der Waals surface area contributed by atoms with Gasteiger partial charge in [0, 0.05) is 5.56 Å².